The number of carbonyl (C=O) groups excluding carboxylic acids is 1. The van der Waals surface area contributed by atoms with Crippen molar-refractivity contribution < 1.29 is 14.3 Å². The Labute approximate surface area is 94.6 Å². The van der Waals surface area contributed by atoms with Gasteiger partial charge in [-0.3, -0.25) is 0 Å². The molecule has 1 rings (SSSR count). The Bertz CT molecular complexity index is 353. The van der Waals surface area contributed by atoms with Gasteiger partial charge in [0.2, 0.25) is 0 Å². The molecule has 5 radical (unpaired) electrons. The molecule has 81 valence electrons. The molecule has 16 heavy (non-hydrogen) atoms. The van der Waals surface area contributed by atoms with Gasteiger partial charge in [-0.05, 0) is 32.6 Å². The average molecular weight is 216 g/mol. The second kappa shape index (κ2) is 6.04. The molecule has 0 amide bonds. The maximum atomic E-state index is 11.4. The van der Waals surface area contributed by atoms with Crippen molar-refractivity contribution in [2.24, 2.45) is 5.92 Å². The Morgan fingerprint density at radius 1 is 1.69 bits per heavy atom. The Balaban J connectivity index is 2.83. The maximum Gasteiger partial charge on any atom is 0.417 e. The molecule has 0 saturated heterocycles. The van der Waals surface area contributed by atoms with E-state index in [1.54, 1.807) is 32.6 Å². The summed E-state index contributed by atoms with van der Waals surface area (Å²) in [4.78, 5) is 14.4. The first-order valence-electron chi connectivity index (χ1n) is 4.75. The third-order valence-electron chi connectivity index (χ3n) is 2.04. The summed E-state index contributed by atoms with van der Waals surface area (Å²) in [5.74, 6) is -1.02. The van der Waals surface area contributed by atoms with Gasteiger partial charge in [-0.2, -0.15) is 10.1 Å². The first-order chi connectivity index (χ1) is 7.74. The van der Waals surface area contributed by atoms with Crippen LogP contribution in [0, 0.1) is 48.9 Å². The average Bonchev–Trinajstić information content (AvgIpc) is 2.31. The number of rotatable bonds is 3. The van der Waals surface area contributed by atoms with Crippen molar-refractivity contribution in [2.45, 2.75) is 6.92 Å². The van der Waals surface area contributed by atoms with Crippen LogP contribution in [-0.2, 0) is 9.53 Å². The number of nitriles is 1. The molecule has 0 aromatic rings. The molecule has 5 nitrogen and oxygen atoms in total. The van der Waals surface area contributed by atoms with Crippen LogP contribution in [0.3, 0.4) is 0 Å². The van der Waals surface area contributed by atoms with Crippen LogP contribution < -0.4 is 0 Å². The van der Waals surface area contributed by atoms with E-state index in [0.29, 0.717) is 5.92 Å². The standard InChI is InChI=1S/C11H10N3O2/c1-2-16-11(15)10(14-13)9-6-4-3-5-8(9)7-12/h3-6,9H,2H2,1H3/t9-/m1/s1. The lowest BCUT2D eigenvalue weighted by atomic mass is 9.77. The molecule has 1 aliphatic carbocycles. The second-order valence-corrected chi connectivity index (χ2v) is 2.99. The zero-order chi connectivity index (χ0) is 12.0. The normalized spacial score (nSPS) is 20.6. The van der Waals surface area contributed by atoms with Gasteiger partial charge >= 0.3 is 11.7 Å². The third kappa shape index (κ3) is 2.68. The molecule has 0 spiro atoms. The molecule has 0 aliphatic heterocycles. The molecule has 1 saturated carbocycles. The minimum atomic E-state index is -0.720. The van der Waals surface area contributed by atoms with E-state index >= 15 is 0 Å². The zero-order valence-electron chi connectivity index (χ0n) is 8.75. The smallest absolute Gasteiger partial charge is 0.417 e. The van der Waals surface area contributed by atoms with E-state index in [4.69, 9.17) is 15.5 Å². The monoisotopic (exact) mass is 216 g/mol. The quantitative estimate of drug-likeness (QED) is 0.302. The van der Waals surface area contributed by atoms with Gasteiger partial charge in [0.25, 0.3) is 0 Å². The van der Waals surface area contributed by atoms with Crippen molar-refractivity contribution in [3.8, 4) is 6.07 Å². The summed E-state index contributed by atoms with van der Waals surface area (Å²) in [5.41, 5.74) is 8.61. The highest BCUT2D eigenvalue weighted by atomic mass is 16.5. The lowest BCUT2D eigenvalue weighted by molar-refractivity contribution is -0.140. The van der Waals surface area contributed by atoms with Crippen molar-refractivity contribution in [2.75, 3.05) is 6.61 Å². The van der Waals surface area contributed by atoms with E-state index in [1.165, 1.54) is 0 Å². The number of esters is 1. The molecule has 0 unspecified atom stereocenters. The van der Waals surface area contributed by atoms with Gasteiger partial charge in [0.1, 0.15) is 0 Å². The van der Waals surface area contributed by atoms with Crippen molar-refractivity contribution in [1.82, 2.24) is 0 Å². The zero-order valence-corrected chi connectivity index (χ0v) is 8.75. The molecule has 1 fully saturated rings. The SMILES string of the molecule is CCOC(=O)C(=[N+]=[N-])[C@@H]1[CH][CH][CH][CH][C]1C#N. The minimum absolute atomic E-state index is 0.181. The first-order valence-corrected chi connectivity index (χ1v) is 4.75. The molecule has 0 aromatic carbocycles. The van der Waals surface area contributed by atoms with Gasteiger partial charge in [-0.15, -0.1) is 0 Å². The summed E-state index contributed by atoms with van der Waals surface area (Å²) in [6.07, 6.45) is 6.52. The van der Waals surface area contributed by atoms with E-state index in [-0.39, 0.29) is 12.3 Å². The fourth-order valence-electron chi connectivity index (χ4n) is 1.32. The Morgan fingerprint density at radius 3 is 3.00 bits per heavy atom. The number of nitrogens with zero attached hydrogens (tertiary/aromatic N) is 3. The van der Waals surface area contributed by atoms with Gasteiger partial charge < -0.3 is 10.3 Å². The van der Waals surface area contributed by atoms with E-state index in [1.807, 2.05) is 6.07 Å². The summed E-state index contributed by atoms with van der Waals surface area (Å²) >= 11 is 0. The van der Waals surface area contributed by atoms with Gasteiger partial charge in [0.15, 0.2) is 0 Å². The molecule has 1 aliphatic rings. The van der Waals surface area contributed by atoms with E-state index in [2.05, 4.69) is 4.79 Å². The lowest BCUT2D eigenvalue weighted by Gasteiger charge is -2.20. The number of ether oxygens (including phenoxy) is 1. The summed E-state index contributed by atoms with van der Waals surface area (Å²) in [6.45, 7) is 1.84. The highest BCUT2D eigenvalue weighted by molar-refractivity contribution is 6.35. The van der Waals surface area contributed by atoms with Gasteiger partial charge in [-0.1, -0.05) is 0 Å². The van der Waals surface area contributed by atoms with Crippen LogP contribution in [0.25, 0.3) is 5.53 Å². The first kappa shape index (κ1) is 12.4. The molecule has 0 heterocycles. The van der Waals surface area contributed by atoms with Crippen LogP contribution in [-0.4, -0.2) is 23.1 Å². The third-order valence-corrected chi connectivity index (χ3v) is 2.04. The highest BCUT2D eigenvalue weighted by Crippen LogP contribution is 2.29. The molecule has 0 N–H and O–H groups in total. The van der Waals surface area contributed by atoms with Gasteiger partial charge in [0, 0.05) is 0 Å². The number of hydrogen-bond donors (Lipinski definition) is 0. The molecular weight excluding hydrogens is 206 g/mol. The van der Waals surface area contributed by atoms with Gasteiger partial charge in [0.05, 0.1) is 24.5 Å². The Kier molecular flexibility index (Phi) is 4.68. The largest absolute Gasteiger partial charge is 0.457 e. The predicted molar refractivity (Wildman–Crippen MR) is 54.8 cm³/mol. The summed E-state index contributed by atoms with van der Waals surface area (Å²) in [6, 6.07) is 1.94. The van der Waals surface area contributed by atoms with Crippen LogP contribution in [0.2, 0.25) is 0 Å². The minimum Gasteiger partial charge on any atom is -0.457 e. The van der Waals surface area contributed by atoms with Crippen molar-refractivity contribution in [3.63, 3.8) is 0 Å². The van der Waals surface area contributed by atoms with E-state index < -0.39 is 11.9 Å². The fraction of sp³-hybridized carbons (Fsp3) is 0.273. The summed E-state index contributed by atoms with van der Waals surface area (Å²) in [7, 11) is 0. The summed E-state index contributed by atoms with van der Waals surface area (Å²) < 4.78 is 4.73. The van der Waals surface area contributed by atoms with Crippen molar-refractivity contribution >= 4 is 11.7 Å². The predicted octanol–water partition coefficient (Wildman–Crippen LogP) is 0.765. The Hall–Kier alpha value is -1.66. The topological polar surface area (TPSA) is 86.5 Å². The summed E-state index contributed by atoms with van der Waals surface area (Å²) in [5, 5.41) is 8.86. The maximum absolute atomic E-state index is 11.4. The number of carbonyl (C=O) groups is 1. The van der Waals surface area contributed by atoms with Crippen LogP contribution >= 0.6 is 0 Å². The van der Waals surface area contributed by atoms with Crippen molar-refractivity contribution in [1.29, 1.82) is 5.26 Å². The Morgan fingerprint density at radius 2 is 2.44 bits per heavy atom. The highest BCUT2D eigenvalue weighted by Gasteiger charge is 2.41. The molecule has 0 bridgehead atoms. The van der Waals surface area contributed by atoms with Crippen LogP contribution in [0.15, 0.2) is 0 Å². The fourth-order valence-corrected chi connectivity index (χ4v) is 1.32. The lowest BCUT2D eigenvalue weighted by Crippen LogP contribution is -2.33. The second-order valence-electron chi connectivity index (χ2n) is 2.99. The van der Waals surface area contributed by atoms with Crippen LogP contribution in [0.4, 0.5) is 0 Å². The number of hydrogen-bond acceptors (Lipinski definition) is 3. The molecule has 0 aromatic heterocycles. The molecule has 5 heteroatoms. The molecular formula is C11H10N3O2. The van der Waals surface area contributed by atoms with E-state index in [0.717, 1.165) is 0 Å². The van der Waals surface area contributed by atoms with Crippen LogP contribution in [0.5, 0.6) is 0 Å². The van der Waals surface area contributed by atoms with Crippen molar-refractivity contribution in [3.05, 3.63) is 37.1 Å². The van der Waals surface area contributed by atoms with Crippen LogP contribution in [0.1, 0.15) is 6.92 Å². The van der Waals surface area contributed by atoms with Gasteiger partial charge in [-0.25, -0.2) is 4.79 Å². The molecule has 1 atom stereocenters. The van der Waals surface area contributed by atoms with E-state index in [9.17, 15) is 4.79 Å².